The Morgan fingerprint density at radius 2 is 1.83 bits per heavy atom. The van der Waals surface area contributed by atoms with Crippen LogP contribution >= 0.6 is 0 Å². The van der Waals surface area contributed by atoms with E-state index in [2.05, 4.69) is 0 Å². The standard InChI is InChI=1S/C15H15FO2/c1-9-6-10(2)15(13(16)7-9)12-8-11(18-3)4-5-14(12)17/h4-8,17H,1-3H3. The van der Waals surface area contributed by atoms with Crippen LogP contribution in [0, 0.1) is 19.7 Å². The molecule has 0 fully saturated rings. The van der Waals surface area contributed by atoms with Crippen LogP contribution in [0.3, 0.4) is 0 Å². The Hall–Kier alpha value is -2.03. The van der Waals surface area contributed by atoms with Gasteiger partial charge in [-0.25, -0.2) is 4.39 Å². The molecule has 0 aliphatic rings. The second kappa shape index (κ2) is 4.69. The van der Waals surface area contributed by atoms with E-state index < -0.39 is 0 Å². The van der Waals surface area contributed by atoms with E-state index in [0.717, 1.165) is 11.1 Å². The van der Waals surface area contributed by atoms with E-state index in [1.165, 1.54) is 19.2 Å². The first kappa shape index (κ1) is 12.4. The molecule has 2 rings (SSSR count). The smallest absolute Gasteiger partial charge is 0.131 e. The van der Waals surface area contributed by atoms with Crippen molar-refractivity contribution in [2.45, 2.75) is 13.8 Å². The molecule has 2 nitrogen and oxygen atoms in total. The van der Waals surface area contributed by atoms with Crippen LogP contribution in [0.1, 0.15) is 11.1 Å². The lowest BCUT2D eigenvalue weighted by Gasteiger charge is -2.12. The van der Waals surface area contributed by atoms with Gasteiger partial charge in [0, 0.05) is 11.1 Å². The first-order chi connectivity index (χ1) is 8.52. The van der Waals surface area contributed by atoms with Gasteiger partial charge in [-0.2, -0.15) is 0 Å². The van der Waals surface area contributed by atoms with Gasteiger partial charge in [-0.1, -0.05) is 6.07 Å². The van der Waals surface area contributed by atoms with Crippen LogP contribution in [0.4, 0.5) is 4.39 Å². The molecular formula is C15H15FO2. The number of hydrogen-bond acceptors (Lipinski definition) is 2. The monoisotopic (exact) mass is 246 g/mol. The number of phenols is 1. The highest BCUT2D eigenvalue weighted by Gasteiger charge is 2.14. The van der Waals surface area contributed by atoms with Crippen LogP contribution in [-0.4, -0.2) is 12.2 Å². The quantitative estimate of drug-likeness (QED) is 0.872. The summed E-state index contributed by atoms with van der Waals surface area (Å²) >= 11 is 0. The van der Waals surface area contributed by atoms with Gasteiger partial charge in [0.1, 0.15) is 17.3 Å². The van der Waals surface area contributed by atoms with E-state index in [0.29, 0.717) is 16.9 Å². The maximum atomic E-state index is 14.1. The lowest BCUT2D eigenvalue weighted by Crippen LogP contribution is -1.92. The van der Waals surface area contributed by atoms with Crippen molar-refractivity contribution < 1.29 is 14.2 Å². The van der Waals surface area contributed by atoms with Crippen molar-refractivity contribution in [1.29, 1.82) is 0 Å². The zero-order valence-corrected chi connectivity index (χ0v) is 10.6. The Labute approximate surface area is 106 Å². The van der Waals surface area contributed by atoms with Crippen LogP contribution < -0.4 is 4.74 Å². The third-order valence-corrected chi connectivity index (χ3v) is 2.90. The fraction of sp³-hybridized carbons (Fsp3) is 0.200. The molecule has 2 aromatic carbocycles. The van der Waals surface area contributed by atoms with Gasteiger partial charge in [-0.3, -0.25) is 0 Å². The normalized spacial score (nSPS) is 10.4. The first-order valence-electron chi connectivity index (χ1n) is 5.67. The Kier molecular flexibility index (Phi) is 3.24. The van der Waals surface area contributed by atoms with Gasteiger partial charge in [0.25, 0.3) is 0 Å². The minimum Gasteiger partial charge on any atom is -0.507 e. The van der Waals surface area contributed by atoms with Crippen LogP contribution in [-0.2, 0) is 0 Å². The maximum Gasteiger partial charge on any atom is 0.131 e. The summed E-state index contributed by atoms with van der Waals surface area (Å²) in [7, 11) is 1.54. The third kappa shape index (κ3) is 2.16. The van der Waals surface area contributed by atoms with Crippen molar-refractivity contribution in [1.82, 2.24) is 0 Å². The number of halogens is 1. The number of rotatable bonds is 2. The average molecular weight is 246 g/mol. The lowest BCUT2D eigenvalue weighted by atomic mass is 9.97. The predicted molar refractivity (Wildman–Crippen MR) is 69.5 cm³/mol. The summed E-state index contributed by atoms with van der Waals surface area (Å²) in [6, 6.07) is 8.13. The molecule has 0 atom stereocenters. The minimum atomic E-state index is -0.337. The van der Waals surface area contributed by atoms with Gasteiger partial charge >= 0.3 is 0 Å². The molecule has 0 heterocycles. The van der Waals surface area contributed by atoms with E-state index in [1.54, 1.807) is 12.1 Å². The molecule has 0 saturated heterocycles. The molecule has 0 radical (unpaired) electrons. The highest BCUT2D eigenvalue weighted by atomic mass is 19.1. The molecule has 18 heavy (non-hydrogen) atoms. The molecule has 94 valence electrons. The van der Waals surface area contributed by atoms with Crippen LogP contribution in [0.5, 0.6) is 11.5 Å². The molecule has 0 spiro atoms. The number of aromatic hydroxyl groups is 1. The topological polar surface area (TPSA) is 29.5 Å². The number of benzene rings is 2. The largest absolute Gasteiger partial charge is 0.507 e. The van der Waals surface area contributed by atoms with Gasteiger partial charge in [0.15, 0.2) is 0 Å². The first-order valence-corrected chi connectivity index (χ1v) is 5.67. The van der Waals surface area contributed by atoms with Crippen molar-refractivity contribution in [3.05, 3.63) is 47.3 Å². The summed E-state index contributed by atoms with van der Waals surface area (Å²) < 4.78 is 19.2. The predicted octanol–water partition coefficient (Wildman–Crippen LogP) is 3.82. The van der Waals surface area contributed by atoms with E-state index >= 15 is 0 Å². The highest BCUT2D eigenvalue weighted by molar-refractivity contribution is 5.75. The van der Waals surface area contributed by atoms with E-state index in [4.69, 9.17) is 4.74 Å². The number of phenolic OH excluding ortho intramolecular Hbond substituents is 1. The third-order valence-electron chi connectivity index (χ3n) is 2.90. The number of methoxy groups -OCH3 is 1. The summed E-state index contributed by atoms with van der Waals surface area (Å²) in [6.45, 7) is 3.66. The maximum absolute atomic E-state index is 14.1. The zero-order valence-electron chi connectivity index (χ0n) is 10.6. The molecule has 0 aliphatic carbocycles. The summed E-state index contributed by atoms with van der Waals surface area (Å²) in [5, 5.41) is 9.88. The summed E-state index contributed by atoms with van der Waals surface area (Å²) in [5.74, 6) is 0.292. The fourth-order valence-electron chi connectivity index (χ4n) is 2.10. The van der Waals surface area contributed by atoms with Crippen molar-refractivity contribution in [3.8, 4) is 22.6 Å². The van der Waals surface area contributed by atoms with E-state index in [1.807, 2.05) is 19.9 Å². The van der Waals surface area contributed by atoms with Crippen molar-refractivity contribution in [2.24, 2.45) is 0 Å². The van der Waals surface area contributed by atoms with Gasteiger partial charge in [0.05, 0.1) is 7.11 Å². The SMILES string of the molecule is COc1ccc(O)c(-c2c(C)cc(C)cc2F)c1. The van der Waals surface area contributed by atoms with E-state index in [9.17, 15) is 9.50 Å². The molecule has 0 aliphatic heterocycles. The summed E-state index contributed by atoms with van der Waals surface area (Å²) in [4.78, 5) is 0. The van der Waals surface area contributed by atoms with Gasteiger partial charge < -0.3 is 9.84 Å². The lowest BCUT2D eigenvalue weighted by molar-refractivity contribution is 0.412. The molecule has 0 unspecified atom stereocenters. The Morgan fingerprint density at radius 3 is 2.44 bits per heavy atom. The van der Waals surface area contributed by atoms with Gasteiger partial charge in [-0.05, 0) is 49.2 Å². The van der Waals surface area contributed by atoms with Gasteiger partial charge in [-0.15, -0.1) is 0 Å². The second-order valence-electron chi connectivity index (χ2n) is 4.32. The molecule has 0 bridgehead atoms. The molecule has 0 saturated carbocycles. The van der Waals surface area contributed by atoms with Crippen molar-refractivity contribution in [2.75, 3.05) is 7.11 Å². The molecule has 0 aromatic heterocycles. The number of hydrogen-bond donors (Lipinski definition) is 1. The van der Waals surface area contributed by atoms with E-state index in [-0.39, 0.29) is 11.6 Å². The molecule has 1 N–H and O–H groups in total. The minimum absolute atomic E-state index is 0.0432. The van der Waals surface area contributed by atoms with Gasteiger partial charge in [0.2, 0.25) is 0 Å². The Balaban J connectivity index is 2.68. The molecular weight excluding hydrogens is 231 g/mol. The van der Waals surface area contributed by atoms with Crippen LogP contribution in [0.25, 0.3) is 11.1 Å². The Bertz CT molecular complexity index is 568. The van der Waals surface area contributed by atoms with Crippen LogP contribution in [0.15, 0.2) is 30.3 Å². The molecule has 3 heteroatoms. The Morgan fingerprint density at radius 1 is 1.11 bits per heavy atom. The fourth-order valence-corrected chi connectivity index (χ4v) is 2.10. The zero-order chi connectivity index (χ0) is 13.3. The number of aryl methyl sites for hydroxylation is 2. The molecule has 2 aromatic rings. The van der Waals surface area contributed by atoms with Crippen molar-refractivity contribution in [3.63, 3.8) is 0 Å². The number of ether oxygens (including phenoxy) is 1. The van der Waals surface area contributed by atoms with Crippen molar-refractivity contribution >= 4 is 0 Å². The highest BCUT2D eigenvalue weighted by Crippen LogP contribution is 2.36. The second-order valence-corrected chi connectivity index (χ2v) is 4.32. The summed E-state index contributed by atoms with van der Waals surface area (Å²) in [5.41, 5.74) is 2.51. The summed E-state index contributed by atoms with van der Waals surface area (Å²) in [6.07, 6.45) is 0. The molecule has 0 amide bonds. The van der Waals surface area contributed by atoms with Crippen LogP contribution in [0.2, 0.25) is 0 Å². The average Bonchev–Trinajstić information content (AvgIpc) is 2.30.